The number of nitrogens with one attached hydrogen (secondary N) is 1. The summed E-state index contributed by atoms with van der Waals surface area (Å²) in [5.74, 6) is 0. The molecule has 0 bridgehead atoms. The van der Waals surface area contributed by atoms with Gasteiger partial charge < -0.3 is 4.90 Å². The SMILES string of the molecule is CN(CCNS(=O)(=O)c1cnc(Cl)c(Cl)c1)C1CCCC1. The maximum absolute atomic E-state index is 12.1. The second kappa shape index (κ2) is 7.24. The monoisotopic (exact) mass is 351 g/mol. The van der Waals surface area contributed by atoms with E-state index in [9.17, 15) is 8.42 Å². The van der Waals surface area contributed by atoms with E-state index < -0.39 is 10.0 Å². The standard InChI is InChI=1S/C13H19Cl2N3O2S/c1-18(10-4-2-3-5-10)7-6-17-21(19,20)11-8-12(14)13(15)16-9-11/h8-10,17H,2-7H2,1H3. The summed E-state index contributed by atoms with van der Waals surface area (Å²) in [6.07, 6.45) is 6.11. The zero-order valence-corrected chi connectivity index (χ0v) is 14.2. The molecule has 1 heterocycles. The van der Waals surface area contributed by atoms with Crippen LogP contribution in [0.3, 0.4) is 0 Å². The first-order valence-electron chi connectivity index (χ1n) is 6.91. The molecule has 0 atom stereocenters. The molecule has 118 valence electrons. The predicted molar refractivity (Wildman–Crippen MR) is 84.3 cm³/mol. The van der Waals surface area contributed by atoms with Crippen LogP contribution in [-0.2, 0) is 10.0 Å². The molecular formula is C13H19Cl2N3O2S. The average Bonchev–Trinajstić information content (AvgIpc) is 2.95. The van der Waals surface area contributed by atoms with Gasteiger partial charge in [-0.15, -0.1) is 0 Å². The summed E-state index contributed by atoms with van der Waals surface area (Å²) in [6.45, 7) is 1.04. The highest BCUT2D eigenvalue weighted by atomic mass is 35.5. The first kappa shape index (κ1) is 17.0. The zero-order chi connectivity index (χ0) is 15.5. The van der Waals surface area contributed by atoms with Gasteiger partial charge in [-0.3, -0.25) is 0 Å². The molecule has 1 saturated carbocycles. The van der Waals surface area contributed by atoms with E-state index in [0.717, 1.165) is 0 Å². The van der Waals surface area contributed by atoms with Gasteiger partial charge in [0, 0.05) is 25.3 Å². The summed E-state index contributed by atoms with van der Waals surface area (Å²) < 4.78 is 26.8. The van der Waals surface area contributed by atoms with Gasteiger partial charge in [0.05, 0.1) is 5.02 Å². The summed E-state index contributed by atoms with van der Waals surface area (Å²) >= 11 is 11.5. The molecular weight excluding hydrogens is 333 g/mol. The van der Waals surface area contributed by atoms with Gasteiger partial charge in [0.1, 0.15) is 10.0 Å². The van der Waals surface area contributed by atoms with Gasteiger partial charge in [-0.05, 0) is 26.0 Å². The first-order chi connectivity index (χ1) is 9.90. The zero-order valence-electron chi connectivity index (χ0n) is 11.8. The van der Waals surface area contributed by atoms with Gasteiger partial charge in [-0.25, -0.2) is 18.1 Å². The fourth-order valence-corrected chi connectivity index (χ4v) is 3.84. The van der Waals surface area contributed by atoms with Crippen LogP contribution in [0.1, 0.15) is 25.7 Å². The lowest BCUT2D eigenvalue weighted by atomic mass is 10.2. The van der Waals surface area contributed by atoms with Crippen molar-refractivity contribution in [2.75, 3.05) is 20.1 Å². The molecule has 0 radical (unpaired) electrons. The van der Waals surface area contributed by atoms with Gasteiger partial charge >= 0.3 is 0 Å². The number of nitrogens with zero attached hydrogens (tertiary/aromatic N) is 2. The van der Waals surface area contributed by atoms with Crippen molar-refractivity contribution in [3.63, 3.8) is 0 Å². The molecule has 2 rings (SSSR count). The molecule has 0 unspecified atom stereocenters. The van der Waals surface area contributed by atoms with E-state index >= 15 is 0 Å². The molecule has 21 heavy (non-hydrogen) atoms. The maximum atomic E-state index is 12.1. The lowest BCUT2D eigenvalue weighted by molar-refractivity contribution is 0.250. The van der Waals surface area contributed by atoms with Crippen LogP contribution in [0.15, 0.2) is 17.2 Å². The van der Waals surface area contributed by atoms with Crippen molar-refractivity contribution in [2.24, 2.45) is 0 Å². The number of hydrogen-bond donors (Lipinski definition) is 1. The minimum Gasteiger partial charge on any atom is -0.302 e. The largest absolute Gasteiger partial charge is 0.302 e. The number of sulfonamides is 1. The third-order valence-corrected chi connectivity index (χ3v) is 5.90. The number of likely N-dealkylation sites (N-methyl/N-ethyl adjacent to an activating group) is 1. The minimum atomic E-state index is -3.60. The van der Waals surface area contributed by atoms with Gasteiger partial charge in [-0.2, -0.15) is 0 Å². The Morgan fingerprint density at radius 3 is 2.67 bits per heavy atom. The smallest absolute Gasteiger partial charge is 0.242 e. The first-order valence-corrected chi connectivity index (χ1v) is 9.15. The van der Waals surface area contributed by atoms with Crippen molar-refractivity contribution in [3.8, 4) is 0 Å². The fraction of sp³-hybridized carbons (Fsp3) is 0.615. The third kappa shape index (κ3) is 4.53. The van der Waals surface area contributed by atoms with Crippen LogP contribution >= 0.6 is 23.2 Å². The normalized spacial score (nSPS) is 16.8. The van der Waals surface area contributed by atoms with E-state index in [4.69, 9.17) is 23.2 Å². The van der Waals surface area contributed by atoms with Crippen molar-refractivity contribution in [1.82, 2.24) is 14.6 Å². The van der Waals surface area contributed by atoms with E-state index in [2.05, 4.69) is 14.6 Å². The molecule has 0 spiro atoms. The summed E-state index contributed by atoms with van der Waals surface area (Å²) in [4.78, 5) is 5.99. The Labute approximate surface area is 135 Å². The molecule has 0 amide bonds. The van der Waals surface area contributed by atoms with Gasteiger partial charge in [0.15, 0.2) is 0 Å². The molecule has 0 saturated heterocycles. The van der Waals surface area contributed by atoms with Gasteiger partial charge in [0.25, 0.3) is 0 Å². The van der Waals surface area contributed by atoms with E-state index in [1.54, 1.807) is 0 Å². The van der Waals surface area contributed by atoms with E-state index in [1.807, 2.05) is 7.05 Å². The van der Waals surface area contributed by atoms with Crippen LogP contribution in [0.4, 0.5) is 0 Å². The lowest BCUT2D eigenvalue weighted by Crippen LogP contribution is -2.37. The molecule has 1 aliphatic rings. The molecule has 1 N–H and O–H groups in total. The number of aromatic nitrogens is 1. The number of pyridine rings is 1. The molecule has 5 nitrogen and oxygen atoms in total. The van der Waals surface area contributed by atoms with Crippen LogP contribution in [-0.4, -0.2) is 44.5 Å². The molecule has 8 heteroatoms. The fourth-order valence-electron chi connectivity index (χ4n) is 2.52. The second-order valence-corrected chi connectivity index (χ2v) is 7.79. The highest BCUT2D eigenvalue weighted by Gasteiger charge is 2.20. The van der Waals surface area contributed by atoms with Crippen molar-refractivity contribution in [2.45, 2.75) is 36.6 Å². The average molecular weight is 352 g/mol. The van der Waals surface area contributed by atoms with Gasteiger partial charge in [0.2, 0.25) is 10.0 Å². The lowest BCUT2D eigenvalue weighted by Gasteiger charge is -2.23. The predicted octanol–water partition coefficient (Wildman–Crippen LogP) is 2.54. The molecule has 1 aliphatic carbocycles. The summed E-state index contributed by atoms with van der Waals surface area (Å²) in [7, 11) is -1.57. The minimum absolute atomic E-state index is 0.0282. The van der Waals surface area contributed by atoms with Crippen LogP contribution in [0.2, 0.25) is 10.2 Å². The van der Waals surface area contributed by atoms with Gasteiger partial charge in [-0.1, -0.05) is 36.0 Å². The Balaban J connectivity index is 1.90. The van der Waals surface area contributed by atoms with Crippen LogP contribution < -0.4 is 4.72 Å². The van der Waals surface area contributed by atoms with E-state index in [1.165, 1.54) is 37.9 Å². The van der Waals surface area contributed by atoms with Crippen molar-refractivity contribution < 1.29 is 8.42 Å². The number of hydrogen-bond acceptors (Lipinski definition) is 4. The van der Waals surface area contributed by atoms with Crippen molar-refractivity contribution in [3.05, 3.63) is 22.4 Å². The Morgan fingerprint density at radius 2 is 2.05 bits per heavy atom. The number of rotatable bonds is 6. The Hall–Kier alpha value is -0.400. The maximum Gasteiger partial charge on any atom is 0.242 e. The highest BCUT2D eigenvalue weighted by Crippen LogP contribution is 2.23. The van der Waals surface area contributed by atoms with Crippen molar-refractivity contribution in [1.29, 1.82) is 0 Å². The molecule has 1 aromatic heterocycles. The highest BCUT2D eigenvalue weighted by molar-refractivity contribution is 7.89. The quantitative estimate of drug-likeness (QED) is 0.800. The molecule has 0 aromatic carbocycles. The molecule has 1 aromatic rings. The van der Waals surface area contributed by atoms with Crippen molar-refractivity contribution >= 4 is 33.2 Å². The summed E-state index contributed by atoms with van der Waals surface area (Å²) in [6, 6.07) is 1.88. The second-order valence-electron chi connectivity index (χ2n) is 5.26. The Kier molecular flexibility index (Phi) is 5.85. The van der Waals surface area contributed by atoms with Crippen LogP contribution in [0.25, 0.3) is 0 Å². The number of halogens is 2. The summed E-state index contributed by atoms with van der Waals surface area (Å²) in [5.41, 5.74) is 0. The van der Waals surface area contributed by atoms with Crippen LogP contribution in [0, 0.1) is 0 Å². The summed E-state index contributed by atoms with van der Waals surface area (Å²) in [5, 5.41) is 0.221. The van der Waals surface area contributed by atoms with E-state index in [-0.39, 0.29) is 15.1 Å². The third-order valence-electron chi connectivity index (χ3n) is 3.79. The molecule has 0 aliphatic heterocycles. The Bertz CT molecular complexity index is 589. The van der Waals surface area contributed by atoms with Crippen LogP contribution in [0.5, 0.6) is 0 Å². The topological polar surface area (TPSA) is 62.3 Å². The molecule has 1 fully saturated rings. The van der Waals surface area contributed by atoms with E-state index in [0.29, 0.717) is 19.1 Å². The Morgan fingerprint density at radius 1 is 1.38 bits per heavy atom.